The molecule has 2 aliphatic rings. The molecule has 6 rings (SSSR count). The Labute approximate surface area is 180 Å². The smallest absolute Gasteiger partial charge is 0.243 e. The van der Waals surface area contributed by atoms with Gasteiger partial charge >= 0.3 is 0 Å². The van der Waals surface area contributed by atoms with Gasteiger partial charge in [-0.05, 0) is 37.0 Å². The Kier molecular flexibility index (Phi) is 4.57. The van der Waals surface area contributed by atoms with Crippen LogP contribution in [-0.2, 0) is 6.54 Å². The van der Waals surface area contributed by atoms with Crippen molar-refractivity contribution >= 4 is 23.1 Å². The number of aromatic amines is 1. The third-order valence-corrected chi connectivity index (χ3v) is 6.09. The molecule has 4 heterocycles. The lowest BCUT2D eigenvalue weighted by Crippen LogP contribution is -2.27. The Bertz CT molecular complexity index is 1180. The zero-order valence-corrected chi connectivity index (χ0v) is 17.3. The van der Waals surface area contributed by atoms with Crippen LogP contribution in [0.15, 0.2) is 54.7 Å². The van der Waals surface area contributed by atoms with Crippen molar-refractivity contribution in [3.8, 4) is 0 Å². The largest absolute Gasteiger partial charge is 0.349 e. The summed E-state index contributed by atoms with van der Waals surface area (Å²) in [5, 5.41) is 19.1. The number of fused-ring (bicyclic) bond motifs is 1. The second-order valence-corrected chi connectivity index (χ2v) is 8.58. The summed E-state index contributed by atoms with van der Waals surface area (Å²) in [4.78, 5) is 7.27. The molecular weight excluding hydrogens is 388 g/mol. The van der Waals surface area contributed by atoms with E-state index in [-0.39, 0.29) is 0 Å². The number of benzene rings is 1. The topological polar surface area (TPSA) is 86.2 Å². The van der Waals surface area contributed by atoms with Crippen molar-refractivity contribution in [1.82, 2.24) is 29.7 Å². The van der Waals surface area contributed by atoms with Gasteiger partial charge in [0.05, 0.1) is 5.69 Å². The fourth-order valence-electron chi connectivity index (χ4n) is 4.32. The van der Waals surface area contributed by atoms with Gasteiger partial charge in [-0.2, -0.15) is 10.1 Å². The number of aromatic nitrogens is 5. The molecule has 1 aliphatic heterocycles. The zero-order valence-electron chi connectivity index (χ0n) is 17.3. The Morgan fingerprint density at radius 1 is 1.06 bits per heavy atom. The number of likely N-dealkylation sites (tertiary alicyclic amines) is 1. The van der Waals surface area contributed by atoms with E-state index in [4.69, 9.17) is 4.98 Å². The van der Waals surface area contributed by atoms with Crippen molar-refractivity contribution in [2.45, 2.75) is 37.8 Å². The number of nitrogens with zero attached hydrogens (tertiary/aromatic N) is 5. The SMILES string of the molecule is c1ccc(CN2CC[C@H](Nc3nc(Nc4cc(C5CC5)n[nH]4)c4cccn4n3)C2)cc1. The van der Waals surface area contributed by atoms with E-state index in [2.05, 4.69) is 67.2 Å². The molecule has 2 fully saturated rings. The molecule has 0 bridgehead atoms. The Morgan fingerprint density at radius 3 is 2.84 bits per heavy atom. The lowest BCUT2D eigenvalue weighted by molar-refractivity contribution is 0.328. The number of hydrogen-bond acceptors (Lipinski definition) is 6. The standard InChI is InChI=1S/C23H26N8/c1-2-5-16(6-3-1)14-30-12-10-18(15-30)24-23-26-22(20-7-4-11-31(20)29-23)25-21-13-19(27-28-21)17-8-9-17/h1-7,11,13,17-18H,8-10,12,14-15H2,(H3,24,25,26,27,28,29)/t18-/m0/s1. The van der Waals surface area contributed by atoms with Gasteiger partial charge < -0.3 is 10.6 Å². The van der Waals surface area contributed by atoms with Crippen LogP contribution in [0.2, 0.25) is 0 Å². The molecular formula is C23H26N8. The highest BCUT2D eigenvalue weighted by Crippen LogP contribution is 2.39. The third-order valence-electron chi connectivity index (χ3n) is 6.09. The van der Waals surface area contributed by atoms with Gasteiger partial charge in [-0.3, -0.25) is 10.00 Å². The summed E-state index contributed by atoms with van der Waals surface area (Å²) in [6, 6.07) is 17.1. The van der Waals surface area contributed by atoms with Crippen LogP contribution in [0.1, 0.15) is 36.4 Å². The minimum Gasteiger partial charge on any atom is -0.349 e. The Hall–Kier alpha value is -3.39. The van der Waals surface area contributed by atoms with Crippen LogP contribution < -0.4 is 10.6 Å². The molecule has 0 spiro atoms. The average Bonchev–Trinajstić information content (AvgIpc) is 3.13. The van der Waals surface area contributed by atoms with E-state index in [9.17, 15) is 0 Å². The molecule has 0 radical (unpaired) electrons. The van der Waals surface area contributed by atoms with E-state index >= 15 is 0 Å². The molecule has 1 aliphatic carbocycles. The van der Waals surface area contributed by atoms with Crippen LogP contribution >= 0.6 is 0 Å². The minimum absolute atomic E-state index is 0.332. The quantitative estimate of drug-likeness (QED) is 0.427. The van der Waals surface area contributed by atoms with Gasteiger partial charge in [-0.1, -0.05) is 30.3 Å². The normalized spacial score (nSPS) is 19.2. The van der Waals surface area contributed by atoms with Crippen LogP contribution in [-0.4, -0.2) is 48.8 Å². The summed E-state index contributed by atoms with van der Waals surface area (Å²) in [6.07, 6.45) is 5.50. The summed E-state index contributed by atoms with van der Waals surface area (Å²) in [7, 11) is 0. The first kappa shape index (κ1) is 18.4. The predicted octanol–water partition coefficient (Wildman–Crippen LogP) is 3.76. The van der Waals surface area contributed by atoms with Crippen molar-refractivity contribution in [2.24, 2.45) is 0 Å². The van der Waals surface area contributed by atoms with Gasteiger partial charge in [0.15, 0.2) is 5.82 Å². The highest BCUT2D eigenvalue weighted by molar-refractivity contribution is 5.73. The van der Waals surface area contributed by atoms with E-state index in [1.54, 1.807) is 0 Å². The maximum Gasteiger partial charge on any atom is 0.243 e. The van der Waals surface area contributed by atoms with Gasteiger partial charge in [0.1, 0.15) is 11.3 Å². The van der Waals surface area contributed by atoms with Crippen LogP contribution in [0.5, 0.6) is 0 Å². The van der Waals surface area contributed by atoms with Crippen molar-refractivity contribution < 1.29 is 0 Å². The lowest BCUT2D eigenvalue weighted by atomic mass is 10.2. The van der Waals surface area contributed by atoms with Gasteiger partial charge in [0.2, 0.25) is 5.95 Å². The number of H-pyrrole nitrogens is 1. The molecule has 4 aromatic rings. The number of nitrogens with one attached hydrogen (secondary N) is 3. The molecule has 1 aromatic carbocycles. The second-order valence-electron chi connectivity index (χ2n) is 8.58. The maximum absolute atomic E-state index is 4.79. The van der Waals surface area contributed by atoms with Crippen molar-refractivity contribution in [1.29, 1.82) is 0 Å². The molecule has 31 heavy (non-hydrogen) atoms. The fraction of sp³-hybridized carbons (Fsp3) is 0.348. The number of anilines is 3. The Balaban J connectivity index is 1.17. The average molecular weight is 415 g/mol. The van der Waals surface area contributed by atoms with E-state index < -0.39 is 0 Å². The summed E-state index contributed by atoms with van der Waals surface area (Å²) in [5.74, 6) is 2.89. The molecule has 3 N–H and O–H groups in total. The van der Waals surface area contributed by atoms with Crippen LogP contribution in [0.4, 0.5) is 17.6 Å². The van der Waals surface area contributed by atoms with Crippen LogP contribution in [0.3, 0.4) is 0 Å². The zero-order chi connectivity index (χ0) is 20.6. The van der Waals surface area contributed by atoms with Gasteiger partial charge in [0, 0.05) is 43.9 Å². The van der Waals surface area contributed by atoms with Crippen LogP contribution in [0.25, 0.3) is 5.52 Å². The molecule has 158 valence electrons. The lowest BCUT2D eigenvalue weighted by Gasteiger charge is -2.17. The van der Waals surface area contributed by atoms with Crippen LogP contribution in [0, 0.1) is 0 Å². The van der Waals surface area contributed by atoms with E-state index in [1.165, 1.54) is 18.4 Å². The first-order valence-electron chi connectivity index (χ1n) is 11.0. The predicted molar refractivity (Wildman–Crippen MR) is 121 cm³/mol. The van der Waals surface area contributed by atoms with Gasteiger partial charge in [-0.25, -0.2) is 4.52 Å². The maximum atomic E-state index is 4.79. The van der Waals surface area contributed by atoms with E-state index in [0.717, 1.165) is 48.9 Å². The highest BCUT2D eigenvalue weighted by atomic mass is 15.3. The van der Waals surface area contributed by atoms with Crippen molar-refractivity contribution in [3.05, 3.63) is 66.0 Å². The molecule has 0 amide bonds. The third kappa shape index (κ3) is 3.98. The fourth-order valence-corrected chi connectivity index (χ4v) is 4.32. The summed E-state index contributed by atoms with van der Waals surface area (Å²) in [6.45, 7) is 3.03. The Morgan fingerprint density at radius 2 is 1.97 bits per heavy atom. The molecule has 8 nitrogen and oxygen atoms in total. The number of hydrogen-bond donors (Lipinski definition) is 3. The second kappa shape index (κ2) is 7.70. The monoisotopic (exact) mass is 414 g/mol. The van der Waals surface area contributed by atoms with Crippen molar-refractivity contribution in [3.63, 3.8) is 0 Å². The minimum atomic E-state index is 0.332. The van der Waals surface area contributed by atoms with Gasteiger partial charge in [0.25, 0.3) is 0 Å². The van der Waals surface area contributed by atoms with Crippen molar-refractivity contribution in [2.75, 3.05) is 23.7 Å². The first-order chi connectivity index (χ1) is 15.3. The molecule has 1 atom stereocenters. The van der Waals surface area contributed by atoms with Gasteiger partial charge in [-0.15, -0.1) is 5.10 Å². The summed E-state index contributed by atoms with van der Waals surface area (Å²) < 4.78 is 1.87. The molecule has 8 heteroatoms. The highest BCUT2D eigenvalue weighted by Gasteiger charge is 2.26. The summed E-state index contributed by atoms with van der Waals surface area (Å²) >= 11 is 0. The number of rotatable bonds is 7. The molecule has 3 aromatic heterocycles. The molecule has 0 unspecified atom stereocenters. The summed E-state index contributed by atoms with van der Waals surface area (Å²) in [5.41, 5.74) is 3.42. The van der Waals surface area contributed by atoms with E-state index in [1.807, 2.05) is 22.8 Å². The molecule has 1 saturated carbocycles. The molecule has 1 saturated heterocycles. The first-order valence-corrected chi connectivity index (χ1v) is 11.0. The van der Waals surface area contributed by atoms with E-state index in [0.29, 0.717) is 17.9 Å².